The quantitative estimate of drug-likeness (QED) is 0.638. The van der Waals surface area contributed by atoms with Crippen LogP contribution in [0.5, 0.6) is 0 Å². The van der Waals surface area contributed by atoms with E-state index in [4.69, 9.17) is 5.73 Å². The van der Waals surface area contributed by atoms with Crippen LogP contribution < -0.4 is 5.73 Å². The van der Waals surface area contributed by atoms with Gasteiger partial charge >= 0.3 is 0 Å². The summed E-state index contributed by atoms with van der Waals surface area (Å²) in [6, 6.07) is -0.0730. The Morgan fingerprint density at radius 1 is 1.44 bits per heavy atom. The van der Waals surface area contributed by atoms with Gasteiger partial charge in [0.05, 0.1) is 12.5 Å². The number of hydrogen-bond donors (Lipinski definition) is 1. The minimum absolute atomic E-state index is 0.0599. The van der Waals surface area contributed by atoms with Crippen LogP contribution in [-0.2, 0) is 9.59 Å². The Morgan fingerprint density at radius 3 is 2.56 bits per heavy atom. The first-order valence-corrected chi connectivity index (χ1v) is 5.80. The predicted molar refractivity (Wildman–Crippen MR) is 59.5 cm³/mol. The molecule has 2 aliphatic rings. The monoisotopic (exact) mass is 225 g/mol. The molecule has 5 heteroatoms. The second kappa shape index (κ2) is 4.14. The van der Waals surface area contributed by atoms with Crippen molar-refractivity contribution in [1.82, 2.24) is 9.80 Å². The van der Waals surface area contributed by atoms with Crippen molar-refractivity contribution in [2.75, 3.05) is 20.1 Å². The molecule has 16 heavy (non-hydrogen) atoms. The molecule has 0 aromatic rings. The summed E-state index contributed by atoms with van der Waals surface area (Å²) < 4.78 is 0. The summed E-state index contributed by atoms with van der Waals surface area (Å²) in [5, 5.41) is 0. The lowest BCUT2D eigenvalue weighted by atomic mass is 10.0. The lowest BCUT2D eigenvalue weighted by Crippen LogP contribution is -2.40. The van der Waals surface area contributed by atoms with Crippen molar-refractivity contribution in [3.63, 3.8) is 0 Å². The summed E-state index contributed by atoms with van der Waals surface area (Å²) in [5.74, 6) is 0.323. The lowest BCUT2D eigenvalue weighted by molar-refractivity contribution is -0.137. The number of imide groups is 1. The highest BCUT2D eigenvalue weighted by Crippen LogP contribution is 2.25. The fourth-order valence-corrected chi connectivity index (χ4v) is 2.55. The van der Waals surface area contributed by atoms with Crippen molar-refractivity contribution in [3.05, 3.63) is 0 Å². The Labute approximate surface area is 95.6 Å². The Balaban J connectivity index is 2.00. The van der Waals surface area contributed by atoms with Crippen molar-refractivity contribution < 1.29 is 9.59 Å². The number of nitrogens with two attached hydrogens (primary N) is 1. The van der Waals surface area contributed by atoms with Crippen LogP contribution >= 0.6 is 0 Å². The number of likely N-dealkylation sites (tertiary alicyclic amines) is 2. The van der Waals surface area contributed by atoms with Crippen molar-refractivity contribution in [3.8, 4) is 0 Å². The molecule has 3 unspecified atom stereocenters. The Kier molecular flexibility index (Phi) is 2.99. The van der Waals surface area contributed by atoms with Gasteiger partial charge < -0.3 is 5.73 Å². The summed E-state index contributed by atoms with van der Waals surface area (Å²) in [6.07, 6.45) is 1.36. The molecule has 3 atom stereocenters. The van der Waals surface area contributed by atoms with Gasteiger partial charge in [0.15, 0.2) is 0 Å². The van der Waals surface area contributed by atoms with Gasteiger partial charge in [-0.25, -0.2) is 0 Å². The molecular formula is C11H19N3O2. The molecule has 0 radical (unpaired) electrons. The molecule has 2 fully saturated rings. The molecule has 0 aliphatic carbocycles. The van der Waals surface area contributed by atoms with Crippen LogP contribution in [0.15, 0.2) is 0 Å². The molecule has 0 aromatic heterocycles. The topological polar surface area (TPSA) is 66.6 Å². The fraction of sp³-hybridized carbons (Fsp3) is 0.818. The molecule has 2 aliphatic heterocycles. The van der Waals surface area contributed by atoms with Gasteiger partial charge in [-0.3, -0.25) is 19.4 Å². The maximum atomic E-state index is 11.8. The van der Waals surface area contributed by atoms with E-state index in [2.05, 4.69) is 4.90 Å². The first kappa shape index (κ1) is 11.5. The SMILES string of the molecule is CC(N)C1CCN(C2CC(=O)N(C)C2=O)C1. The summed E-state index contributed by atoms with van der Waals surface area (Å²) in [5.41, 5.74) is 5.86. The molecule has 2 amide bonds. The number of nitrogens with zero attached hydrogens (tertiary/aromatic N) is 2. The summed E-state index contributed by atoms with van der Waals surface area (Å²) in [6.45, 7) is 3.72. The average Bonchev–Trinajstić information content (AvgIpc) is 2.79. The Bertz CT molecular complexity index is 316. The van der Waals surface area contributed by atoms with Crippen LogP contribution in [0.4, 0.5) is 0 Å². The minimum Gasteiger partial charge on any atom is -0.328 e. The van der Waals surface area contributed by atoms with Gasteiger partial charge in [0.25, 0.3) is 0 Å². The predicted octanol–water partition coefficient (Wildman–Crippen LogP) is -0.587. The third-order valence-electron chi connectivity index (χ3n) is 3.80. The van der Waals surface area contributed by atoms with Crippen molar-refractivity contribution in [2.24, 2.45) is 11.7 Å². The van der Waals surface area contributed by atoms with E-state index in [-0.39, 0.29) is 23.9 Å². The number of carbonyl (C=O) groups is 2. The van der Waals surface area contributed by atoms with Gasteiger partial charge in [0, 0.05) is 19.6 Å². The normalized spacial score (nSPS) is 33.8. The van der Waals surface area contributed by atoms with Crippen molar-refractivity contribution in [1.29, 1.82) is 0 Å². The largest absolute Gasteiger partial charge is 0.328 e. The number of carbonyl (C=O) groups excluding carboxylic acids is 2. The summed E-state index contributed by atoms with van der Waals surface area (Å²) in [4.78, 5) is 26.6. The van der Waals surface area contributed by atoms with Crippen molar-refractivity contribution in [2.45, 2.75) is 31.8 Å². The summed E-state index contributed by atoms with van der Waals surface area (Å²) >= 11 is 0. The first-order chi connectivity index (χ1) is 7.50. The second-order valence-electron chi connectivity index (χ2n) is 4.91. The molecule has 0 bridgehead atoms. The van der Waals surface area contributed by atoms with Gasteiger partial charge in [0.1, 0.15) is 0 Å². The number of rotatable bonds is 2. The zero-order valence-corrected chi connectivity index (χ0v) is 9.85. The zero-order valence-electron chi connectivity index (χ0n) is 9.85. The third-order valence-corrected chi connectivity index (χ3v) is 3.80. The highest BCUT2D eigenvalue weighted by Gasteiger charge is 2.42. The van der Waals surface area contributed by atoms with Gasteiger partial charge in [-0.2, -0.15) is 0 Å². The van der Waals surface area contributed by atoms with E-state index in [1.54, 1.807) is 7.05 Å². The van der Waals surface area contributed by atoms with Crippen LogP contribution in [0.1, 0.15) is 19.8 Å². The zero-order chi connectivity index (χ0) is 11.9. The molecule has 2 saturated heterocycles. The molecule has 2 heterocycles. The van der Waals surface area contributed by atoms with Gasteiger partial charge in [-0.05, 0) is 25.8 Å². The smallest absolute Gasteiger partial charge is 0.246 e. The Hall–Kier alpha value is -0.940. The minimum atomic E-state index is -0.235. The highest BCUT2D eigenvalue weighted by atomic mass is 16.2. The van der Waals surface area contributed by atoms with E-state index < -0.39 is 0 Å². The first-order valence-electron chi connectivity index (χ1n) is 5.80. The van der Waals surface area contributed by atoms with E-state index in [1.165, 1.54) is 4.90 Å². The molecule has 5 nitrogen and oxygen atoms in total. The molecule has 90 valence electrons. The molecule has 0 saturated carbocycles. The van der Waals surface area contributed by atoms with Crippen LogP contribution in [0.2, 0.25) is 0 Å². The van der Waals surface area contributed by atoms with E-state index in [1.807, 2.05) is 6.92 Å². The molecule has 2 N–H and O–H groups in total. The number of amides is 2. The van der Waals surface area contributed by atoms with E-state index >= 15 is 0 Å². The van der Waals surface area contributed by atoms with E-state index in [9.17, 15) is 9.59 Å². The van der Waals surface area contributed by atoms with E-state index in [0.717, 1.165) is 19.5 Å². The fourth-order valence-electron chi connectivity index (χ4n) is 2.55. The maximum Gasteiger partial charge on any atom is 0.246 e. The van der Waals surface area contributed by atoms with Crippen LogP contribution in [0, 0.1) is 5.92 Å². The maximum absolute atomic E-state index is 11.8. The number of likely N-dealkylation sites (N-methyl/N-ethyl adjacent to an activating group) is 1. The van der Waals surface area contributed by atoms with Crippen LogP contribution in [0.25, 0.3) is 0 Å². The third kappa shape index (κ3) is 1.85. The number of hydrogen-bond acceptors (Lipinski definition) is 4. The van der Waals surface area contributed by atoms with Crippen LogP contribution in [0.3, 0.4) is 0 Å². The van der Waals surface area contributed by atoms with Gasteiger partial charge in [0.2, 0.25) is 11.8 Å². The highest BCUT2D eigenvalue weighted by molar-refractivity contribution is 6.05. The summed E-state index contributed by atoms with van der Waals surface area (Å²) in [7, 11) is 1.56. The van der Waals surface area contributed by atoms with Crippen LogP contribution in [-0.4, -0.2) is 53.8 Å². The average molecular weight is 225 g/mol. The van der Waals surface area contributed by atoms with Gasteiger partial charge in [-0.15, -0.1) is 0 Å². The molecule has 2 rings (SSSR count). The molecular weight excluding hydrogens is 206 g/mol. The standard InChI is InChI=1S/C11H19N3O2/c1-7(12)8-3-4-14(6-8)9-5-10(15)13(2)11(9)16/h7-9H,3-6,12H2,1-2H3. The van der Waals surface area contributed by atoms with Crippen molar-refractivity contribution >= 4 is 11.8 Å². The van der Waals surface area contributed by atoms with E-state index in [0.29, 0.717) is 12.3 Å². The molecule has 0 aromatic carbocycles. The Morgan fingerprint density at radius 2 is 2.12 bits per heavy atom. The van der Waals surface area contributed by atoms with Gasteiger partial charge in [-0.1, -0.05) is 0 Å². The molecule has 0 spiro atoms. The lowest BCUT2D eigenvalue weighted by Gasteiger charge is -2.22. The second-order valence-corrected chi connectivity index (χ2v) is 4.91.